The lowest BCUT2D eigenvalue weighted by Crippen LogP contribution is -1.81. The van der Waals surface area contributed by atoms with Crippen molar-refractivity contribution in [2.24, 2.45) is 0 Å². The molecule has 3 aromatic heterocycles. The number of fused-ring (bicyclic) bond motifs is 1. The maximum atomic E-state index is 5.87. The van der Waals surface area contributed by atoms with Crippen LogP contribution >= 0.6 is 11.3 Å². The van der Waals surface area contributed by atoms with Gasteiger partial charge < -0.3 is 9.15 Å². The zero-order chi connectivity index (χ0) is 14.9. The molecule has 3 heterocycles. The van der Waals surface area contributed by atoms with Gasteiger partial charge in [0.2, 0.25) is 0 Å². The standard InChI is InChI=1S/C17H12N2O2S/c1-20-12-5-6-15-11(8-12)9-16(21-15)17-19-14(10-22-17)13-4-2-3-7-18-13/h2-10H,1H3. The first kappa shape index (κ1) is 13.0. The van der Waals surface area contributed by atoms with E-state index in [4.69, 9.17) is 9.15 Å². The van der Waals surface area contributed by atoms with E-state index in [-0.39, 0.29) is 0 Å². The van der Waals surface area contributed by atoms with Crippen LogP contribution in [0.3, 0.4) is 0 Å². The number of aromatic nitrogens is 2. The molecule has 22 heavy (non-hydrogen) atoms. The topological polar surface area (TPSA) is 48.2 Å². The second-order valence-electron chi connectivity index (χ2n) is 4.77. The van der Waals surface area contributed by atoms with Crippen LogP contribution in [0.15, 0.2) is 58.5 Å². The number of pyridine rings is 1. The molecule has 0 fully saturated rings. The molecule has 0 saturated carbocycles. The van der Waals surface area contributed by atoms with Gasteiger partial charge in [-0.25, -0.2) is 4.98 Å². The molecule has 4 nitrogen and oxygen atoms in total. The average Bonchev–Trinajstić information content (AvgIpc) is 3.21. The van der Waals surface area contributed by atoms with Gasteiger partial charge in [-0.3, -0.25) is 4.98 Å². The third kappa shape index (κ3) is 2.25. The van der Waals surface area contributed by atoms with Gasteiger partial charge in [-0.15, -0.1) is 11.3 Å². The molecule has 0 atom stereocenters. The Balaban J connectivity index is 1.74. The summed E-state index contributed by atoms with van der Waals surface area (Å²) in [6, 6.07) is 13.5. The summed E-state index contributed by atoms with van der Waals surface area (Å²) in [4.78, 5) is 8.94. The number of ether oxygens (including phenoxy) is 1. The Kier molecular flexibility index (Phi) is 3.12. The molecule has 0 saturated heterocycles. The van der Waals surface area contributed by atoms with Crippen LogP contribution in [0.25, 0.3) is 33.1 Å². The summed E-state index contributed by atoms with van der Waals surface area (Å²) >= 11 is 1.55. The molecule has 5 heteroatoms. The first-order valence-corrected chi connectivity index (χ1v) is 7.66. The molecule has 0 N–H and O–H groups in total. The lowest BCUT2D eigenvalue weighted by Gasteiger charge is -1.96. The predicted octanol–water partition coefficient (Wildman–Crippen LogP) is 4.63. The quantitative estimate of drug-likeness (QED) is 0.554. The lowest BCUT2D eigenvalue weighted by molar-refractivity contribution is 0.415. The van der Waals surface area contributed by atoms with E-state index in [9.17, 15) is 0 Å². The van der Waals surface area contributed by atoms with E-state index in [1.807, 2.05) is 47.8 Å². The molecule has 0 spiro atoms. The van der Waals surface area contributed by atoms with Gasteiger partial charge in [0.1, 0.15) is 17.0 Å². The third-order valence-corrected chi connectivity index (χ3v) is 4.22. The van der Waals surface area contributed by atoms with Crippen molar-refractivity contribution in [3.8, 4) is 27.9 Å². The Labute approximate surface area is 131 Å². The fourth-order valence-electron chi connectivity index (χ4n) is 2.27. The third-order valence-electron chi connectivity index (χ3n) is 3.37. The zero-order valence-electron chi connectivity index (χ0n) is 11.8. The van der Waals surface area contributed by atoms with Crippen LogP contribution in [-0.4, -0.2) is 17.1 Å². The summed E-state index contributed by atoms with van der Waals surface area (Å²) in [5.41, 5.74) is 2.55. The number of hydrogen-bond donors (Lipinski definition) is 0. The van der Waals surface area contributed by atoms with Crippen LogP contribution in [0.2, 0.25) is 0 Å². The highest BCUT2D eigenvalue weighted by molar-refractivity contribution is 7.13. The minimum Gasteiger partial charge on any atom is -0.497 e. The molecule has 0 radical (unpaired) electrons. The van der Waals surface area contributed by atoms with Crippen molar-refractivity contribution in [3.05, 3.63) is 54.0 Å². The Morgan fingerprint density at radius 1 is 1.09 bits per heavy atom. The highest BCUT2D eigenvalue weighted by Gasteiger charge is 2.12. The van der Waals surface area contributed by atoms with Crippen LogP contribution in [0, 0.1) is 0 Å². The van der Waals surface area contributed by atoms with Crippen LogP contribution in [0.5, 0.6) is 5.75 Å². The minimum absolute atomic E-state index is 0.760. The van der Waals surface area contributed by atoms with Gasteiger partial charge in [-0.05, 0) is 36.4 Å². The molecule has 108 valence electrons. The first-order valence-electron chi connectivity index (χ1n) is 6.78. The average molecular weight is 308 g/mol. The summed E-state index contributed by atoms with van der Waals surface area (Å²) in [5, 5.41) is 3.84. The van der Waals surface area contributed by atoms with E-state index in [2.05, 4.69) is 9.97 Å². The van der Waals surface area contributed by atoms with E-state index < -0.39 is 0 Å². The van der Waals surface area contributed by atoms with Gasteiger partial charge in [-0.2, -0.15) is 0 Å². The minimum atomic E-state index is 0.760. The maximum Gasteiger partial charge on any atom is 0.164 e. The van der Waals surface area contributed by atoms with Gasteiger partial charge in [0.25, 0.3) is 0 Å². The first-order chi connectivity index (χ1) is 10.8. The number of nitrogens with zero attached hydrogens (tertiary/aromatic N) is 2. The molecule has 4 rings (SSSR count). The van der Waals surface area contributed by atoms with E-state index in [0.717, 1.165) is 38.9 Å². The van der Waals surface area contributed by atoms with E-state index in [1.54, 1.807) is 24.6 Å². The number of furan rings is 1. The van der Waals surface area contributed by atoms with E-state index in [1.165, 1.54) is 0 Å². The fraction of sp³-hybridized carbons (Fsp3) is 0.0588. The summed E-state index contributed by atoms with van der Waals surface area (Å²) < 4.78 is 11.1. The molecule has 0 amide bonds. The normalized spacial score (nSPS) is 11.0. The monoisotopic (exact) mass is 308 g/mol. The molecule has 0 aliphatic carbocycles. The molecule has 0 bridgehead atoms. The van der Waals surface area contributed by atoms with Gasteiger partial charge >= 0.3 is 0 Å². The number of rotatable bonds is 3. The van der Waals surface area contributed by atoms with Gasteiger partial charge in [0.05, 0.1) is 12.8 Å². The van der Waals surface area contributed by atoms with Gasteiger partial charge in [0.15, 0.2) is 10.8 Å². The summed E-state index contributed by atoms with van der Waals surface area (Å²) in [5.74, 6) is 1.57. The van der Waals surface area contributed by atoms with Crippen LogP contribution in [0.1, 0.15) is 0 Å². The lowest BCUT2D eigenvalue weighted by atomic mass is 10.2. The van der Waals surface area contributed by atoms with E-state index in [0.29, 0.717) is 0 Å². The zero-order valence-corrected chi connectivity index (χ0v) is 12.6. The van der Waals surface area contributed by atoms with Crippen LogP contribution in [0.4, 0.5) is 0 Å². The molecule has 0 aliphatic heterocycles. The van der Waals surface area contributed by atoms with Crippen molar-refractivity contribution < 1.29 is 9.15 Å². The van der Waals surface area contributed by atoms with Crippen LogP contribution < -0.4 is 4.74 Å². The predicted molar refractivity (Wildman–Crippen MR) is 87.1 cm³/mol. The SMILES string of the molecule is COc1ccc2oc(-c3nc(-c4ccccn4)cs3)cc2c1. The fourth-order valence-corrected chi connectivity index (χ4v) is 3.04. The number of thiazole rings is 1. The van der Waals surface area contributed by atoms with Crippen molar-refractivity contribution in [2.75, 3.05) is 7.11 Å². The van der Waals surface area contributed by atoms with Crippen molar-refractivity contribution in [3.63, 3.8) is 0 Å². The van der Waals surface area contributed by atoms with Crippen molar-refractivity contribution >= 4 is 22.3 Å². The largest absolute Gasteiger partial charge is 0.497 e. The molecular weight excluding hydrogens is 296 g/mol. The molecular formula is C17H12N2O2S. The Morgan fingerprint density at radius 2 is 2.05 bits per heavy atom. The molecule has 0 aliphatic rings. The summed E-state index contributed by atoms with van der Waals surface area (Å²) in [6.45, 7) is 0. The molecule has 0 unspecified atom stereocenters. The van der Waals surface area contributed by atoms with Crippen molar-refractivity contribution in [1.82, 2.24) is 9.97 Å². The Morgan fingerprint density at radius 3 is 2.86 bits per heavy atom. The number of hydrogen-bond acceptors (Lipinski definition) is 5. The van der Waals surface area contributed by atoms with E-state index >= 15 is 0 Å². The van der Waals surface area contributed by atoms with Gasteiger partial charge in [0, 0.05) is 17.0 Å². The van der Waals surface area contributed by atoms with Crippen LogP contribution in [-0.2, 0) is 0 Å². The Bertz CT molecular complexity index is 928. The highest BCUT2D eigenvalue weighted by Crippen LogP contribution is 2.33. The van der Waals surface area contributed by atoms with Crippen molar-refractivity contribution in [2.45, 2.75) is 0 Å². The van der Waals surface area contributed by atoms with Gasteiger partial charge in [-0.1, -0.05) is 6.07 Å². The molecule has 4 aromatic rings. The second kappa shape index (κ2) is 5.27. The summed E-state index contributed by atoms with van der Waals surface area (Å²) in [6.07, 6.45) is 1.77. The molecule has 1 aromatic carbocycles. The summed E-state index contributed by atoms with van der Waals surface area (Å²) in [7, 11) is 1.65. The second-order valence-corrected chi connectivity index (χ2v) is 5.63. The Hall–Kier alpha value is -2.66. The number of benzene rings is 1. The highest BCUT2D eigenvalue weighted by atomic mass is 32.1. The number of methoxy groups -OCH3 is 1. The van der Waals surface area contributed by atoms with Crippen molar-refractivity contribution in [1.29, 1.82) is 0 Å². The smallest absolute Gasteiger partial charge is 0.164 e. The maximum absolute atomic E-state index is 5.87.